The Morgan fingerprint density at radius 1 is 1.60 bits per heavy atom. The molecule has 2 rings (SSSR count). The molecule has 0 saturated heterocycles. The normalized spacial score (nSPS) is 28.4. The molecule has 0 aromatic carbocycles. The lowest BCUT2D eigenvalue weighted by Crippen LogP contribution is -1.91. The molecule has 1 heterocycles. The van der Waals surface area contributed by atoms with Gasteiger partial charge >= 0.3 is 0 Å². The third-order valence-corrected chi connectivity index (χ3v) is 2.19. The number of nitrogens with one attached hydrogen (secondary N) is 1. The Morgan fingerprint density at radius 3 is 2.70 bits per heavy atom. The van der Waals surface area contributed by atoms with Gasteiger partial charge in [0.1, 0.15) is 0 Å². The van der Waals surface area contributed by atoms with Crippen LogP contribution in [0.15, 0.2) is 0 Å². The zero-order valence-electron chi connectivity index (χ0n) is 6.13. The highest BCUT2D eigenvalue weighted by atomic mass is 15.5. The molecule has 4 heteroatoms. The van der Waals surface area contributed by atoms with Crippen molar-refractivity contribution >= 4 is 0 Å². The first-order chi connectivity index (χ1) is 4.70. The largest absolute Gasteiger partial charge is 0.178 e. The Balaban J connectivity index is 2.19. The van der Waals surface area contributed by atoms with Crippen molar-refractivity contribution < 1.29 is 0 Å². The van der Waals surface area contributed by atoms with Gasteiger partial charge in [-0.15, -0.1) is 10.2 Å². The summed E-state index contributed by atoms with van der Waals surface area (Å²) in [6.45, 7) is 4.43. The molecule has 1 fully saturated rings. The van der Waals surface area contributed by atoms with E-state index in [1.165, 1.54) is 6.42 Å². The Labute approximate surface area is 59.0 Å². The monoisotopic (exact) mass is 138 g/mol. The lowest BCUT2D eigenvalue weighted by atomic mass is 10.1. The van der Waals surface area contributed by atoms with Gasteiger partial charge in [0.15, 0.2) is 5.82 Å². The van der Waals surface area contributed by atoms with E-state index in [1.807, 2.05) is 0 Å². The van der Waals surface area contributed by atoms with E-state index in [4.69, 9.17) is 0 Å². The molecule has 1 aliphatic carbocycles. The maximum absolute atomic E-state index is 3.93. The van der Waals surface area contributed by atoms with Gasteiger partial charge in [-0.1, -0.05) is 19.1 Å². The number of hydrogen-bond donors (Lipinski definition) is 1. The molecular formula is C6H10N4. The van der Waals surface area contributed by atoms with Crippen LogP contribution < -0.4 is 0 Å². The van der Waals surface area contributed by atoms with E-state index in [2.05, 4.69) is 34.5 Å². The molecule has 1 aromatic rings. The average molecular weight is 138 g/mol. The first-order valence-corrected chi connectivity index (χ1v) is 3.43. The van der Waals surface area contributed by atoms with Crippen LogP contribution in [0.3, 0.4) is 0 Å². The molecule has 1 saturated carbocycles. The van der Waals surface area contributed by atoms with Crippen molar-refractivity contribution in [3.05, 3.63) is 5.82 Å². The van der Waals surface area contributed by atoms with Gasteiger partial charge in [0, 0.05) is 5.92 Å². The summed E-state index contributed by atoms with van der Waals surface area (Å²) in [6, 6.07) is 0. The predicted molar refractivity (Wildman–Crippen MR) is 35.3 cm³/mol. The first kappa shape index (κ1) is 5.82. The summed E-state index contributed by atoms with van der Waals surface area (Å²) in [5, 5.41) is 13.8. The van der Waals surface area contributed by atoms with Gasteiger partial charge in [-0.05, 0) is 11.8 Å². The van der Waals surface area contributed by atoms with Crippen LogP contribution in [-0.4, -0.2) is 20.6 Å². The number of H-pyrrole nitrogens is 1. The summed E-state index contributed by atoms with van der Waals surface area (Å²) in [4.78, 5) is 0. The summed E-state index contributed by atoms with van der Waals surface area (Å²) in [5.74, 6) is 1.40. The van der Waals surface area contributed by atoms with E-state index in [0.717, 1.165) is 5.82 Å². The molecule has 10 heavy (non-hydrogen) atoms. The number of rotatable bonds is 1. The SMILES string of the molecule is CC1(C)CC1c1nn[nH]n1. The number of nitrogens with zero attached hydrogens (tertiary/aromatic N) is 3. The molecule has 0 radical (unpaired) electrons. The Kier molecular flexibility index (Phi) is 0.910. The average Bonchev–Trinajstić information content (AvgIpc) is 2.31. The van der Waals surface area contributed by atoms with Gasteiger partial charge in [-0.2, -0.15) is 5.21 Å². The van der Waals surface area contributed by atoms with Crippen molar-refractivity contribution in [2.45, 2.75) is 26.2 Å². The molecule has 0 aliphatic heterocycles. The van der Waals surface area contributed by atoms with Crippen LogP contribution in [0.1, 0.15) is 32.0 Å². The molecular weight excluding hydrogens is 128 g/mol. The van der Waals surface area contributed by atoms with Gasteiger partial charge in [-0.25, -0.2) is 0 Å². The highest BCUT2D eigenvalue weighted by molar-refractivity contribution is 5.12. The van der Waals surface area contributed by atoms with Gasteiger partial charge in [0.2, 0.25) is 0 Å². The van der Waals surface area contributed by atoms with E-state index >= 15 is 0 Å². The quantitative estimate of drug-likeness (QED) is 0.621. The van der Waals surface area contributed by atoms with E-state index < -0.39 is 0 Å². The van der Waals surface area contributed by atoms with Gasteiger partial charge < -0.3 is 0 Å². The van der Waals surface area contributed by atoms with Gasteiger partial charge in [0.25, 0.3) is 0 Å². The van der Waals surface area contributed by atoms with Crippen molar-refractivity contribution in [3.63, 3.8) is 0 Å². The van der Waals surface area contributed by atoms with E-state index in [1.54, 1.807) is 0 Å². The van der Waals surface area contributed by atoms with Crippen molar-refractivity contribution in [2.24, 2.45) is 5.41 Å². The second-order valence-corrected chi connectivity index (χ2v) is 3.52. The van der Waals surface area contributed by atoms with Crippen LogP contribution in [0.2, 0.25) is 0 Å². The molecule has 54 valence electrons. The smallest absolute Gasteiger partial charge is 0.177 e. The van der Waals surface area contributed by atoms with E-state index in [0.29, 0.717) is 11.3 Å². The zero-order valence-corrected chi connectivity index (χ0v) is 6.13. The second kappa shape index (κ2) is 1.56. The Hall–Kier alpha value is -0.930. The first-order valence-electron chi connectivity index (χ1n) is 3.43. The summed E-state index contributed by atoms with van der Waals surface area (Å²) >= 11 is 0. The number of aromatic nitrogens is 4. The van der Waals surface area contributed by atoms with Crippen LogP contribution in [0.4, 0.5) is 0 Å². The van der Waals surface area contributed by atoms with Gasteiger partial charge in [0.05, 0.1) is 0 Å². The Morgan fingerprint density at radius 2 is 2.30 bits per heavy atom. The number of tetrazole rings is 1. The van der Waals surface area contributed by atoms with Crippen molar-refractivity contribution in [2.75, 3.05) is 0 Å². The molecule has 1 unspecified atom stereocenters. The summed E-state index contributed by atoms with van der Waals surface area (Å²) in [6.07, 6.45) is 1.19. The molecule has 0 spiro atoms. The second-order valence-electron chi connectivity index (χ2n) is 3.52. The van der Waals surface area contributed by atoms with Crippen molar-refractivity contribution in [1.82, 2.24) is 20.6 Å². The number of aromatic amines is 1. The fourth-order valence-electron chi connectivity index (χ4n) is 1.23. The van der Waals surface area contributed by atoms with E-state index in [9.17, 15) is 0 Å². The summed E-state index contributed by atoms with van der Waals surface area (Å²) in [5.41, 5.74) is 0.407. The fraction of sp³-hybridized carbons (Fsp3) is 0.833. The van der Waals surface area contributed by atoms with Crippen LogP contribution in [0.5, 0.6) is 0 Å². The Bertz CT molecular complexity index is 226. The highest BCUT2D eigenvalue weighted by Gasteiger charge is 2.49. The maximum Gasteiger partial charge on any atom is 0.178 e. The lowest BCUT2D eigenvalue weighted by molar-refractivity contribution is 0.609. The zero-order chi connectivity index (χ0) is 7.19. The van der Waals surface area contributed by atoms with E-state index in [-0.39, 0.29) is 0 Å². The van der Waals surface area contributed by atoms with Crippen LogP contribution in [0.25, 0.3) is 0 Å². The molecule has 4 nitrogen and oxygen atoms in total. The lowest BCUT2D eigenvalue weighted by Gasteiger charge is -1.95. The van der Waals surface area contributed by atoms with Crippen LogP contribution in [-0.2, 0) is 0 Å². The molecule has 0 amide bonds. The maximum atomic E-state index is 3.93. The van der Waals surface area contributed by atoms with Crippen LogP contribution >= 0.6 is 0 Å². The molecule has 0 bridgehead atoms. The molecule has 1 N–H and O–H groups in total. The molecule has 1 aliphatic rings. The minimum Gasteiger partial charge on any atom is -0.177 e. The summed E-state index contributed by atoms with van der Waals surface area (Å²) in [7, 11) is 0. The third kappa shape index (κ3) is 0.716. The van der Waals surface area contributed by atoms with Crippen molar-refractivity contribution in [1.29, 1.82) is 0 Å². The van der Waals surface area contributed by atoms with Crippen LogP contribution in [0, 0.1) is 5.41 Å². The highest BCUT2D eigenvalue weighted by Crippen LogP contribution is 2.57. The van der Waals surface area contributed by atoms with Gasteiger partial charge in [-0.3, -0.25) is 0 Å². The predicted octanol–water partition coefficient (Wildman–Crippen LogP) is 0.713. The topological polar surface area (TPSA) is 54.5 Å². The molecule has 1 aromatic heterocycles. The summed E-state index contributed by atoms with van der Waals surface area (Å²) < 4.78 is 0. The third-order valence-electron chi connectivity index (χ3n) is 2.19. The van der Waals surface area contributed by atoms with Crippen molar-refractivity contribution in [3.8, 4) is 0 Å². The minimum absolute atomic E-state index is 0.407. The standard InChI is InChI=1S/C6H10N4/c1-6(2)3-4(6)5-7-9-10-8-5/h4H,3H2,1-2H3,(H,7,8,9,10). The number of hydrogen-bond acceptors (Lipinski definition) is 3. The fourth-order valence-corrected chi connectivity index (χ4v) is 1.23. The molecule has 1 atom stereocenters. The minimum atomic E-state index is 0.407.